The van der Waals surface area contributed by atoms with E-state index in [1.807, 2.05) is 12.1 Å². The van der Waals surface area contributed by atoms with Gasteiger partial charge in [0.15, 0.2) is 0 Å². The average Bonchev–Trinajstić information content (AvgIpc) is 2.57. The quantitative estimate of drug-likeness (QED) is 0.882. The summed E-state index contributed by atoms with van der Waals surface area (Å²) in [5, 5.41) is 6.59. The molecule has 0 radical (unpaired) electrons. The molecule has 2 aromatic rings. The van der Waals surface area contributed by atoms with Crippen LogP contribution < -0.4 is 10.6 Å². The van der Waals surface area contributed by atoms with Crippen molar-refractivity contribution in [2.24, 2.45) is 0 Å². The zero-order valence-electron chi connectivity index (χ0n) is 12.6. The van der Waals surface area contributed by atoms with Gasteiger partial charge in [-0.1, -0.05) is 23.7 Å². The van der Waals surface area contributed by atoms with E-state index < -0.39 is 0 Å². The zero-order valence-corrected chi connectivity index (χ0v) is 14.2. The van der Waals surface area contributed by atoms with Crippen molar-refractivity contribution in [2.75, 3.05) is 18.4 Å². The molecule has 2 N–H and O–H groups in total. The molecule has 1 amide bonds. The van der Waals surface area contributed by atoms with Crippen molar-refractivity contribution in [3.63, 3.8) is 0 Å². The highest BCUT2D eigenvalue weighted by Gasteiger charge is 2.15. The van der Waals surface area contributed by atoms with Crippen molar-refractivity contribution < 1.29 is 4.79 Å². The first-order chi connectivity index (χ1) is 10.7. The number of benzene rings is 1. The molecule has 6 heteroatoms. The molecule has 1 atom stereocenters. The van der Waals surface area contributed by atoms with E-state index in [0.29, 0.717) is 10.9 Å². The normalized spacial score (nSPS) is 17.2. The molecule has 1 aliphatic heterocycles. The second-order valence-electron chi connectivity index (χ2n) is 5.45. The van der Waals surface area contributed by atoms with Gasteiger partial charge in [0, 0.05) is 18.4 Å². The first-order valence-corrected chi connectivity index (χ1v) is 7.84. The van der Waals surface area contributed by atoms with Crippen molar-refractivity contribution in [1.29, 1.82) is 0 Å². The summed E-state index contributed by atoms with van der Waals surface area (Å²) in [4.78, 5) is 16.2. The first-order valence-electron chi connectivity index (χ1n) is 7.46. The number of aromatic nitrogens is 1. The maximum Gasteiger partial charge on any atom is 0.275 e. The van der Waals surface area contributed by atoms with Crippen LogP contribution in [0.1, 0.15) is 34.8 Å². The smallest absolute Gasteiger partial charge is 0.275 e. The zero-order chi connectivity index (χ0) is 15.4. The van der Waals surface area contributed by atoms with Gasteiger partial charge in [0.1, 0.15) is 5.69 Å². The third-order valence-corrected chi connectivity index (χ3v) is 4.22. The molecule has 4 nitrogen and oxygen atoms in total. The molecular weight excluding hydrogens is 333 g/mol. The fourth-order valence-electron chi connectivity index (χ4n) is 2.72. The van der Waals surface area contributed by atoms with E-state index in [2.05, 4.69) is 27.8 Å². The highest BCUT2D eigenvalue weighted by Crippen LogP contribution is 2.24. The van der Waals surface area contributed by atoms with Gasteiger partial charge in [0.25, 0.3) is 5.91 Å². The summed E-state index contributed by atoms with van der Waals surface area (Å²) in [6, 6.07) is 11.4. The fraction of sp³-hybridized carbons (Fsp3) is 0.294. The highest BCUT2D eigenvalue weighted by atomic mass is 35.5. The van der Waals surface area contributed by atoms with Crippen LogP contribution in [0.15, 0.2) is 42.6 Å². The molecule has 0 aliphatic carbocycles. The number of rotatable bonds is 3. The number of piperidine rings is 1. The van der Waals surface area contributed by atoms with Crippen LogP contribution in [0, 0.1) is 0 Å². The summed E-state index contributed by atoms with van der Waals surface area (Å²) in [7, 11) is 0. The van der Waals surface area contributed by atoms with E-state index in [-0.39, 0.29) is 24.0 Å². The third-order valence-electron chi connectivity index (χ3n) is 3.91. The molecule has 1 aliphatic rings. The average molecular weight is 352 g/mol. The van der Waals surface area contributed by atoms with Crippen LogP contribution in [0.25, 0.3) is 0 Å². The molecule has 0 spiro atoms. The Morgan fingerprint density at radius 3 is 2.70 bits per heavy atom. The largest absolute Gasteiger partial charge is 0.321 e. The fourth-order valence-corrected chi connectivity index (χ4v) is 2.93. The number of pyridine rings is 1. The molecule has 3 rings (SSSR count). The summed E-state index contributed by atoms with van der Waals surface area (Å²) in [6.07, 6.45) is 3.98. The van der Waals surface area contributed by atoms with Gasteiger partial charge in [-0.05, 0) is 55.1 Å². The minimum atomic E-state index is -0.294. The molecule has 2 heterocycles. The second-order valence-corrected chi connectivity index (χ2v) is 5.86. The summed E-state index contributed by atoms with van der Waals surface area (Å²) < 4.78 is 0. The van der Waals surface area contributed by atoms with E-state index in [0.717, 1.165) is 18.8 Å². The number of hydrogen-bond donors (Lipinski definition) is 2. The van der Waals surface area contributed by atoms with Crippen LogP contribution >= 0.6 is 24.0 Å². The van der Waals surface area contributed by atoms with Gasteiger partial charge >= 0.3 is 0 Å². The van der Waals surface area contributed by atoms with Crippen LogP contribution in [0.5, 0.6) is 0 Å². The Labute approximate surface area is 147 Å². The number of nitrogens with zero attached hydrogens (tertiary/aromatic N) is 1. The number of hydrogen-bond acceptors (Lipinski definition) is 3. The van der Waals surface area contributed by atoms with Crippen molar-refractivity contribution in [1.82, 2.24) is 10.3 Å². The van der Waals surface area contributed by atoms with Crippen molar-refractivity contribution >= 4 is 35.6 Å². The molecule has 122 valence electrons. The minimum Gasteiger partial charge on any atom is -0.321 e. The Balaban J connectivity index is 0.00000192. The molecule has 1 saturated heterocycles. The summed E-state index contributed by atoms with van der Waals surface area (Å²) in [5.41, 5.74) is 2.30. The second kappa shape index (κ2) is 8.29. The first kappa shape index (κ1) is 17.7. The standard InChI is InChI=1S/C17H18ClN3O.ClH/c18-15-4-2-10-20-16(15)17(22)21-14-7-5-12(6-8-14)13-3-1-9-19-11-13;/h2,4-8,10,13,19H,1,3,9,11H2,(H,21,22);1H. The van der Waals surface area contributed by atoms with E-state index in [1.165, 1.54) is 18.4 Å². The SMILES string of the molecule is Cl.O=C(Nc1ccc(C2CCCNC2)cc1)c1ncccc1Cl. The topological polar surface area (TPSA) is 54.0 Å². The maximum atomic E-state index is 12.2. The summed E-state index contributed by atoms with van der Waals surface area (Å²) in [5.74, 6) is 0.265. The molecule has 1 aromatic carbocycles. The Hall–Kier alpha value is -1.62. The van der Waals surface area contributed by atoms with Gasteiger partial charge in [-0.25, -0.2) is 4.98 Å². The van der Waals surface area contributed by atoms with E-state index in [4.69, 9.17) is 11.6 Å². The predicted molar refractivity (Wildman–Crippen MR) is 95.7 cm³/mol. The lowest BCUT2D eigenvalue weighted by molar-refractivity contribution is 0.102. The predicted octanol–water partition coefficient (Wildman–Crippen LogP) is 3.88. The van der Waals surface area contributed by atoms with Crippen molar-refractivity contribution in [3.05, 3.63) is 58.9 Å². The lowest BCUT2D eigenvalue weighted by atomic mass is 9.92. The molecular formula is C17H19Cl2N3O. The number of carbonyl (C=O) groups is 1. The monoisotopic (exact) mass is 351 g/mol. The van der Waals surface area contributed by atoms with E-state index in [9.17, 15) is 4.79 Å². The van der Waals surface area contributed by atoms with Crippen LogP contribution in [-0.4, -0.2) is 24.0 Å². The van der Waals surface area contributed by atoms with Gasteiger partial charge in [-0.2, -0.15) is 0 Å². The highest BCUT2D eigenvalue weighted by molar-refractivity contribution is 6.34. The molecule has 1 fully saturated rings. The third kappa shape index (κ3) is 4.44. The van der Waals surface area contributed by atoms with Gasteiger partial charge in [0.2, 0.25) is 0 Å². The number of halogens is 2. The van der Waals surface area contributed by atoms with Gasteiger partial charge in [-0.15, -0.1) is 12.4 Å². The Bertz CT molecular complexity index is 655. The van der Waals surface area contributed by atoms with Crippen LogP contribution in [0.3, 0.4) is 0 Å². The summed E-state index contributed by atoms with van der Waals surface area (Å²) in [6.45, 7) is 2.13. The number of amides is 1. The molecule has 0 bridgehead atoms. The van der Waals surface area contributed by atoms with Crippen LogP contribution in [0.4, 0.5) is 5.69 Å². The molecule has 23 heavy (non-hydrogen) atoms. The van der Waals surface area contributed by atoms with Gasteiger partial charge < -0.3 is 10.6 Å². The number of carbonyl (C=O) groups excluding carboxylic acids is 1. The van der Waals surface area contributed by atoms with E-state index >= 15 is 0 Å². The van der Waals surface area contributed by atoms with Crippen LogP contribution in [0.2, 0.25) is 5.02 Å². The molecule has 1 aromatic heterocycles. The van der Waals surface area contributed by atoms with Crippen molar-refractivity contribution in [3.8, 4) is 0 Å². The lowest BCUT2D eigenvalue weighted by Gasteiger charge is -2.23. The molecule has 0 saturated carbocycles. The molecule has 1 unspecified atom stereocenters. The number of anilines is 1. The Morgan fingerprint density at radius 2 is 2.04 bits per heavy atom. The maximum absolute atomic E-state index is 12.2. The lowest BCUT2D eigenvalue weighted by Crippen LogP contribution is -2.28. The van der Waals surface area contributed by atoms with Crippen LogP contribution in [-0.2, 0) is 0 Å². The number of nitrogens with one attached hydrogen (secondary N) is 2. The Kier molecular flexibility index (Phi) is 6.39. The Morgan fingerprint density at radius 1 is 1.26 bits per heavy atom. The summed E-state index contributed by atoms with van der Waals surface area (Å²) >= 11 is 5.98. The van der Waals surface area contributed by atoms with Gasteiger partial charge in [0.05, 0.1) is 5.02 Å². The van der Waals surface area contributed by atoms with Gasteiger partial charge in [-0.3, -0.25) is 4.79 Å². The van der Waals surface area contributed by atoms with E-state index in [1.54, 1.807) is 18.3 Å². The van der Waals surface area contributed by atoms with Crippen molar-refractivity contribution in [2.45, 2.75) is 18.8 Å². The minimum absolute atomic E-state index is 0.